The second-order valence-corrected chi connectivity index (χ2v) is 8.78. The highest BCUT2D eigenvalue weighted by Gasteiger charge is 2.41. The van der Waals surface area contributed by atoms with Crippen LogP contribution in [0, 0.1) is 17.8 Å². The van der Waals surface area contributed by atoms with Crippen molar-refractivity contribution in [3.63, 3.8) is 0 Å². The molecule has 0 radical (unpaired) electrons. The van der Waals surface area contributed by atoms with Gasteiger partial charge in [-0.1, -0.05) is 32.8 Å². The fourth-order valence-electron chi connectivity index (χ4n) is 4.74. The number of amides is 3. The normalized spacial score (nSPS) is 26.0. The molecule has 1 saturated carbocycles. The lowest BCUT2D eigenvalue weighted by molar-refractivity contribution is -0.131. The van der Waals surface area contributed by atoms with Gasteiger partial charge in [0.15, 0.2) is 5.76 Å². The quantitative estimate of drug-likeness (QED) is 0.756. The molecular weight excluding hydrogens is 394 g/mol. The Labute approximate surface area is 182 Å². The number of carbonyl (C=O) groups excluding carboxylic acids is 3. The zero-order chi connectivity index (χ0) is 22.0. The van der Waals surface area contributed by atoms with Crippen LogP contribution in [0.4, 0.5) is 11.4 Å². The van der Waals surface area contributed by atoms with E-state index in [0.29, 0.717) is 29.8 Å². The lowest BCUT2D eigenvalue weighted by Gasteiger charge is -2.40. The van der Waals surface area contributed by atoms with Gasteiger partial charge < -0.3 is 20.0 Å². The molecule has 4 atom stereocenters. The zero-order valence-electron chi connectivity index (χ0n) is 18.0. The molecule has 1 aliphatic carbocycles. The van der Waals surface area contributed by atoms with Gasteiger partial charge in [-0.2, -0.15) is 0 Å². The number of nitrogens with zero attached hydrogens (tertiary/aromatic N) is 1. The summed E-state index contributed by atoms with van der Waals surface area (Å²) in [6.07, 6.45) is 5.04. The molecule has 7 nitrogen and oxygen atoms in total. The summed E-state index contributed by atoms with van der Waals surface area (Å²) in [7, 11) is 0. The van der Waals surface area contributed by atoms with E-state index in [9.17, 15) is 14.4 Å². The molecule has 164 valence electrons. The van der Waals surface area contributed by atoms with Crippen molar-refractivity contribution in [2.24, 2.45) is 17.8 Å². The number of hydrogen-bond acceptors (Lipinski definition) is 4. The summed E-state index contributed by atoms with van der Waals surface area (Å²) in [5.74, 6) is 0.449. The average molecular weight is 424 g/mol. The highest BCUT2D eigenvalue weighted by molar-refractivity contribution is 6.03. The monoisotopic (exact) mass is 423 g/mol. The standard InChI is InChI=1S/C24H29N3O4/c1-15-6-3-9-20(16(15)2)27-14-17(12-22(27)28)23(29)25-18-7-4-8-19(13-18)26-24(30)21-10-5-11-31-21/h4-5,7-8,10-11,13,15-17,20H,3,6,9,12,14H2,1-2H3,(H,25,29)(H,26,30). The van der Waals surface area contributed by atoms with Crippen molar-refractivity contribution in [1.29, 1.82) is 0 Å². The number of furan rings is 1. The molecule has 1 aromatic heterocycles. The first-order valence-corrected chi connectivity index (χ1v) is 11.0. The number of anilines is 2. The number of carbonyl (C=O) groups is 3. The summed E-state index contributed by atoms with van der Waals surface area (Å²) < 4.78 is 5.10. The van der Waals surface area contributed by atoms with Crippen molar-refractivity contribution in [2.75, 3.05) is 17.2 Å². The Morgan fingerprint density at radius 3 is 2.58 bits per heavy atom. The summed E-state index contributed by atoms with van der Waals surface area (Å²) in [6.45, 7) is 4.94. The molecule has 1 aliphatic heterocycles. The maximum atomic E-state index is 12.9. The maximum absolute atomic E-state index is 12.9. The van der Waals surface area contributed by atoms with Gasteiger partial charge in [-0.3, -0.25) is 14.4 Å². The fourth-order valence-corrected chi connectivity index (χ4v) is 4.74. The van der Waals surface area contributed by atoms with E-state index >= 15 is 0 Å². The minimum atomic E-state index is -0.363. The zero-order valence-corrected chi connectivity index (χ0v) is 18.0. The minimum absolute atomic E-state index is 0.0746. The lowest BCUT2D eigenvalue weighted by atomic mass is 9.77. The average Bonchev–Trinajstić information content (AvgIpc) is 3.41. The van der Waals surface area contributed by atoms with Crippen LogP contribution in [0.25, 0.3) is 0 Å². The molecule has 1 aromatic carbocycles. The second kappa shape index (κ2) is 8.96. The molecule has 4 rings (SSSR count). The van der Waals surface area contributed by atoms with Crippen LogP contribution in [0.15, 0.2) is 47.1 Å². The number of likely N-dealkylation sites (tertiary alicyclic amines) is 1. The Bertz CT molecular complexity index is 955. The third-order valence-corrected chi connectivity index (χ3v) is 6.73. The first-order chi connectivity index (χ1) is 14.9. The molecule has 2 N–H and O–H groups in total. The van der Waals surface area contributed by atoms with Gasteiger partial charge in [-0.05, 0) is 48.6 Å². The number of hydrogen-bond donors (Lipinski definition) is 2. The van der Waals surface area contributed by atoms with Crippen LogP contribution in [0.5, 0.6) is 0 Å². The lowest BCUT2D eigenvalue weighted by Crippen LogP contribution is -2.45. The van der Waals surface area contributed by atoms with Crippen LogP contribution >= 0.6 is 0 Å². The summed E-state index contributed by atoms with van der Waals surface area (Å²) in [5, 5.41) is 5.65. The molecule has 7 heteroatoms. The van der Waals surface area contributed by atoms with Crippen LogP contribution in [0.1, 0.15) is 50.1 Å². The van der Waals surface area contributed by atoms with Gasteiger partial charge in [-0.15, -0.1) is 0 Å². The van der Waals surface area contributed by atoms with E-state index in [1.54, 1.807) is 36.4 Å². The van der Waals surface area contributed by atoms with Gasteiger partial charge in [0.05, 0.1) is 12.2 Å². The first kappa shape index (κ1) is 21.2. The van der Waals surface area contributed by atoms with E-state index in [0.717, 1.165) is 12.8 Å². The van der Waals surface area contributed by atoms with Crippen molar-refractivity contribution in [2.45, 2.75) is 45.6 Å². The largest absolute Gasteiger partial charge is 0.459 e. The van der Waals surface area contributed by atoms with Gasteiger partial charge in [0, 0.05) is 30.4 Å². The molecule has 2 aliphatic rings. The maximum Gasteiger partial charge on any atom is 0.291 e. The highest BCUT2D eigenvalue weighted by Crippen LogP contribution is 2.36. The van der Waals surface area contributed by atoms with E-state index in [4.69, 9.17) is 4.42 Å². The van der Waals surface area contributed by atoms with E-state index in [1.165, 1.54) is 12.7 Å². The SMILES string of the molecule is CC1CCCC(N2CC(C(=O)Nc3cccc(NC(=O)c4ccco4)c3)CC2=O)C1C. The molecule has 31 heavy (non-hydrogen) atoms. The van der Waals surface area contributed by atoms with Gasteiger partial charge in [0.1, 0.15) is 0 Å². The summed E-state index contributed by atoms with van der Waals surface area (Å²) >= 11 is 0. The summed E-state index contributed by atoms with van der Waals surface area (Å²) in [5.41, 5.74) is 1.13. The third kappa shape index (κ3) is 4.65. The molecule has 2 aromatic rings. The molecule has 4 unspecified atom stereocenters. The van der Waals surface area contributed by atoms with Crippen molar-refractivity contribution in [1.82, 2.24) is 4.90 Å². The molecule has 1 saturated heterocycles. The van der Waals surface area contributed by atoms with Crippen molar-refractivity contribution in [3.8, 4) is 0 Å². The van der Waals surface area contributed by atoms with Crippen molar-refractivity contribution in [3.05, 3.63) is 48.4 Å². The Kier molecular flexibility index (Phi) is 6.11. The predicted molar refractivity (Wildman–Crippen MR) is 118 cm³/mol. The molecular formula is C24H29N3O4. The second-order valence-electron chi connectivity index (χ2n) is 8.78. The molecule has 0 spiro atoms. The van der Waals surface area contributed by atoms with Crippen molar-refractivity contribution < 1.29 is 18.8 Å². The van der Waals surface area contributed by atoms with E-state index in [2.05, 4.69) is 24.5 Å². The van der Waals surface area contributed by atoms with Gasteiger partial charge in [0.2, 0.25) is 11.8 Å². The van der Waals surface area contributed by atoms with Crippen LogP contribution < -0.4 is 10.6 Å². The van der Waals surface area contributed by atoms with Crippen LogP contribution in [0.2, 0.25) is 0 Å². The molecule has 2 fully saturated rings. The predicted octanol–water partition coefficient (Wildman–Crippen LogP) is 4.14. The minimum Gasteiger partial charge on any atom is -0.459 e. The smallest absolute Gasteiger partial charge is 0.291 e. The topological polar surface area (TPSA) is 91.7 Å². The fraction of sp³-hybridized carbons (Fsp3) is 0.458. The Balaban J connectivity index is 1.37. The van der Waals surface area contributed by atoms with Crippen LogP contribution in [-0.4, -0.2) is 35.2 Å². The van der Waals surface area contributed by atoms with Gasteiger partial charge in [0.25, 0.3) is 5.91 Å². The molecule has 0 bridgehead atoms. The highest BCUT2D eigenvalue weighted by atomic mass is 16.3. The van der Waals surface area contributed by atoms with Gasteiger partial charge >= 0.3 is 0 Å². The Morgan fingerprint density at radius 2 is 1.84 bits per heavy atom. The molecule has 3 amide bonds. The van der Waals surface area contributed by atoms with Gasteiger partial charge in [-0.25, -0.2) is 0 Å². The van der Waals surface area contributed by atoms with E-state index < -0.39 is 0 Å². The number of nitrogens with one attached hydrogen (secondary N) is 2. The Hall–Kier alpha value is -3.09. The summed E-state index contributed by atoms with van der Waals surface area (Å²) in [4.78, 5) is 39.6. The van der Waals surface area contributed by atoms with E-state index in [1.807, 2.05) is 4.90 Å². The van der Waals surface area contributed by atoms with Crippen molar-refractivity contribution >= 4 is 29.1 Å². The summed E-state index contributed by atoms with van der Waals surface area (Å²) in [6, 6.07) is 10.4. The number of rotatable bonds is 5. The third-order valence-electron chi connectivity index (χ3n) is 6.73. The van der Waals surface area contributed by atoms with Crippen LogP contribution in [-0.2, 0) is 9.59 Å². The Morgan fingerprint density at radius 1 is 1.06 bits per heavy atom. The molecule has 2 heterocycles. The number of benzene rings is 1. The van der Waals surface area contributed by atoms with E-state index in [-0.39, 0.29) is 41.9 Å². The van der Waals surface area contributed by atoms with Crippen LogP contribution in [0.3, 0.4) is 0 Å². The first-order valence-electron chi connectivity index (χ1n) is 11.0.